The van der Waals surface area contributed by atoms with Crippen molar-refractivity contribution in [3.05, 3.63) is 28.8 Å². The Morgan fingerprint density at radius 2 is 2.33 bits per heavy atom. The highest BCUT2D eigenvalue weighted by molar-refractivity contribution is 6.33. The minimum atomic E-state index is -0.312. The van der Waals surface area contributed by atoms with E-state index in [2.05, 4.69) is 0 Å². The quantitative estimate of drug-likeness (QED) is 0.796. The monoisotopic (exact) mass is 227 g/mol. The fourth-order valence-electron chi connectivity index (χ4n) is 1.42. The van der Waals surface area contributed by atoms with E-state index in [1.54, 1.807) is 0 Å². The van der Waals surface area contributed by atoms with Gasteiger partial charge in [-0.05, 0) is 24.6 Å². The fraction of sp³-hybridized carbons (Fsp3) is 0.300. The third kappa shape index (κ3) is 2.06. The molecule has 0 bridgehead atoms. The standard InChI is InChI=1S/C10H10ClNO3/c11-9-3-2-7(13)6-8(9)10(14)12-4-1-5-15-12/h2-3,6,13H,1,4-5H2. The molecule has 1 N–H and O–H groups in total. The van der Waals surface area contributed by atoms with Crippen molar-refractivity contribution in [3.63, 3.8) is 0 Å². The molecule has 5 heteroatoms. The first kappa shape index (κ1) is 10.3. The van der Waals surface area contributed by atoms with Crippen LogP contribution in [0.4, 0.5) is 0 Å². The molecule has 80 valence electrons. The number of carbonyl (C=O) groups is 1. The molecule has 0 saturated carbocycles. The van der Waals surface area contributed by atoms with Crippen LogP contribution in [-0.2, 0) is 4.84 Å². The molecule has 0 atom stereocenters. The number of benzene rings is 1. The molecule has 0 spiro atoms. The number of hydrogen-bond donors (Lipinski definition) is 1. The predicted octanol–water partition coefficient (Wildman–Crippen LogP) is 1.82. The van der Waals surface area contributed by atoms with Crippen molar-refractivity contribution in [3.8, 4) is 5.75 Å². The highest BCUT2D eigenvalue weighted by Crippen LogP contribution is 2.23. The van der Waals surface area contributed by atoms with E-state index in [4.69, 9.17) is 16.4 Å². The lowest BCUT2D eigenvalue weighted by molar-refractivity contribution is -0.0768. The van der Waals surface area contributed by atoms with E-state index in [9.17, 15) is 9.90 Å². The molecule has 1 heterocycles. The zero-order chi connectivity index (χ0) is 10.8. The largest absolute Gasteiger partial charge is 0.508 e. The Kier molecular flexibility index (Phi) is 2.79. The van der Waals surface area contributed by atoms with E-state index >= 15 is 0 Å². The molecule has 1 saturated heterocycles. The number of hydrogen-bond acceptors (Lipinski definition) is 3. The first-order chi connectivity index (χ1) is 7.18. The molecular weight excluding hydrogens is 218 g/mol. The lowest BCUT2D eigenvalue weighted by Crippen LogP contribution is -2.26. The summed E-state index contributed by atoms with van der Waals surface area (Å²) in [5, 5.41) is 10.8. The van der Waals surface area contributed by atoms with Gasteiger partial charge in [0.25, 0.3) is 5.91 Å². The maximum Gasteiger partial charge on any atom is 0.279 e. The first-order valence-electron chi connectivity index (χ1n) is 4.62. The Morgan fingerprint density at radius 1 is 1.53 bits per heavy atom. The van der Waals surface area contributed by atoms with E-state index in [-0.39, 0.29) is 17.2 Å². The average molecular weight is 228 g/mol. The van der Waals surface area contributed by atoms with E-state index < -0.39 is 0 Å². The van der Waals surface area contributed by atoms with Gasteiger partial charge in [0.15, 0.2) is 0 Å². The molecule has 1 aliphatic rings. The Morgan fingerprint density at radius 3 is 3.00 bits per heavy atom. The molecular formula is C10H10ClNO3. The average Bonchev–Trinajstić information content (AvgIpc) is 2.74. The molecule has 1 fully saturated rings. The maximum atomic E-state index is 11.8. The van der Waals surface area contributed by atoms with Gasteiger partial charge >= 0.3 is 0 Å². The number of rotatable bonds is 1. The summed E-state index contributed by atoms with van der Waals surface area (Å²) in [6.07, 6.45) is 0.822. The summed E-state index contributed by atoms with van der Waals surface area (Å²) < 4.78 is 0. The smallest absolute Gasteiger partial charge is 0.279 e. The van der Waals surface area contributed by atoms with Crippen LogP contribution in [0.2, 0.25) is 5.02 Å². The Bertz CT molecular complexity index is 388. The highest BCUT2D eigenvalue weighted by Gasteiger charge is 2.23. The number of halogens is 1. The molecule has 0 aromatic heterocycles. The number of hydroxylamine groups is 2. The summed E-state index contributed by atoms with van der Waals surface area (Å²) in [7, 11) is 0. The number of amides is 1. The lowest BCUT2D eigenvalue weighted by Gasteiger charge is -2.14. The number of carbonyl (C=O) groups excluding carboxylic acids is 1. The minimum absolute atomic E-state index is 0.0157. The second kappa shape index (κ2) is 4.08. The van der Waals surface area contributed by atoms with Gasteiger partial charge in [-0.1, -0.05) is 11.6 Å². The molecule has 0 radical (unpaired) electrons. The summed E-state index contributed by atoms with van der Waals surface area (Å²) in [4.78, 5) is 16.9. The van der Waals surface area contributed by atoms with Crippen molar-refractivity contribution in [1.29, 1.82) is 0 Å². The summed E-state index contributed by atoms with van der Waals surface area (Å²) in [6.45, 7) is 1.10. The van der Waals surface area contributed by atoms with Crippen molar-refractivity contribution in [1.82, 2.24) is 5.06 Å². The Hall–Kier alpha value is -1.26. The van der Waals surface area contributed by atoms with Crippen LogP contribution in [0.3, 0.4) is 0 Å². The van der Waals surface area contributed by atoms with Crippen molar-refractivity contribution in [2.45, 2.75) is 6.42 Å². The minimum Gasteiger partial charge on any atom is -0.508 e. The van der Waals surface area contributed by atoms with E-state index in [1.165, 1.54) is 23.3 Å². The van der Waals surface area contributed by atoms with Crippen LogP contribution in [0.5, 0.6) is 5.75 Å². The second-order valence-electron chi connectivity index (χ2n) is 3.26. The lowest BCUT2D eigenvalue weighted by atomic mass is 10.2. The van der Waals surface area contributed by atoms with Crippen LogP contribution in [0.1, 0.15) is 16.8 Å². The number of nitrogens with zero attached hydrogens (tertiary/aromatic N) is 1. The van der Waals surface area contributed by atoms with Crippen LogP contribution < -0.4 is 0 Å². The van der Waals surface area contributed by atoms with Gasteiger partial charge in [-0.3, -0.25) is 9.63 Å². The Balaban J connectivity index is 2.27. The Labute approximate surface area is 92.0 Å². The number of phenols is 1. The number of aromatic hydroxyl groups is 1. The van der Waals surface area contributed by atoms with Gasteiger partial charge < -0.3 is 5.11 Å². The van der Waals surface area contributed by atoms with E-state index in [0.29, 0.717) is 18.2 Å². The molecule has 4 nitrogen and oxygen atoms in total. The van der Waals surface area contributed by atoms with Crippen LogP contribution >= 0.6 is 11.6 Å². The summed E-state index contributed by atoms with van der Waals surface area (Å²) in [6, 6.07) is 4.26. The summed E-state index contributed by atoms with van der Waals surface area (Å²) in [5.74, 6) is -0.296. The third-order valence-corrected chi connectivity index (χ3v) is 2.49. The van der Waals surface area contributed by atoms with Crippen LogP contribution in [0.25, 0.3) is 0 Å². The zero-order valence-electron chi connectivity index (χ0n) is 7.94. The highest BCUT2D eigenvalue weighted by atomic mass is 35.5. The second-order valence-corrected chi connectivity index (χ2v) is 3.67. The summed E-state index contributed by atoms with van der Waals surface area (Å²) >= 11 is 5.86. The van der Waals surface area contributed by atoms with Gasteiger partial charge in [-0.15, -0.1) is 0 Å². The van der Waals surface area contributed by atoms with E-state index in [1.807, 2.05) is 0 Å². The SMILES string of the molecule is O=C(c1cc(O)ccc1Cl)N1CCCO1. The van der Waals surface area contributed by atoms with Gasteiger partial charge in [0, 0.05) is 0 Å². The van der Waals surface area contributed by atoms with Gasteiger partial charge in [-0.25, -0.2) is 5.06 Å². The first-order valence-corrected chi connectivity index (χ1v) is 4.99. The molecule has 0 aliphatic carbocycles. The molecule has 1 aromatic rings. The molecule has 0 unspecified atom stereocenters. The van der Waals surface area contributed by atoms with Crippen LogP contribution in [-0.4, -0.2) is 29.2 Å². The normalized spacial score (nSPS) is 15.7. The van der Waals surface area contributed by atoms with E-state index in [0.717, 1.165) is 6.42 Å². The zero-order valence-corrected chi connectivity index (χ0v) is 8.70. The van der Waals surface area contributed by atoms with Gasteiger partial charge in [0.1, 0.15) is 5.75 Å². The van der Waals surface area contributed by atoms with Gasteiger partial charge in [0.2, 0.25) is 0 Å². The van der Waals surface area contributed by atoms with Crippen LogP contribution in [0, 0.1) is 0 Å². The topological polar surface area (TPSA) is 49.8 Å². The predicted molar refractivity (Wildman–Crippen MR) is 54.7 cm³/mol. The van der Waals surface area contributed by atoms with Crippen molar-refractivity contribution < 1.29 is 14.7 Å². The molecule has 2 rings (SSSR count). The fourth-order valence-corrected chi connectivity index (χ4v) is 1.62. The van der Waals surface area contributed by atoms with Gasteiger partial charge in [-0.2, -0.15) is 0 Å². The maximum absolute atomic E-state index is 11.8. The number of phenolic OH excluding ortho intramolecular Hbond substituents is 1. The van der Waals surface area contributed by atoms with Crippen molar-refractivity contribution in [2.75, 3.05) is 13.2 Å². The van der Waals surface area contributed by atoms with Crippen LogP contribution in [0.15, 0.2) is 18.2 Å². The van der Waals surface area contributed by atoms with Crippen molar-refractivity contribution in [2.24, 2.45) is 0 Å². The molecule has 1 aromatic carbocycles. The summed E-state index contributed by atoms with van der Waals surface area (Å²) in [5.41, 5.74) is 0.263. The van der Waals surface area contributed by atoms with Gasteiger partial charge in [0.05, 0.1) is 23.7 Å². The molecule has 15 heavy (non-hydrogen) atoms. The van der Waals surface area contributed by atoms with Crippen molar-refractivity contribution >= 4 is 17.5 Å². The molecule has 1 amide bonds. The third-order valence-electron chi connectivity index (χ3n) is 2.16. The molecule has 1 aliphatic heterocycles.